The van der Waals surface area contributed by atoms with Gasteiger partial charge in [-0.25, -0.2) is 0 Å². The summed E-state index contributed by atoms with van der Waals surface area (Å²) in [6.45, 7) is 4.12. The second-order valence-corrected chi connectivity index (χ2v) is 3.25. The molecular formula is C9H16N4O. The molecule has 2 N–H and O–H groups in total. The molecule has 0 saturated heterocycles. The number of aryl methyl sites for hydroxylation is 2. The Morgan fingerprint density at radius 1 is 1.50 bits per heavy atom. The summed E-state index contributed by atoms with van der Waals surface area (Å²) >= 11 is 0. The van der Waals surface area contributed by atoms with Crippen LogP contribution in [0.3, 0.4) is 0 Å². The molecule has 0 aliphatic rings. The van der Waals surface area contributed by atoms with E-state index in [1.54, 1.807) is 11.7 Å². The van der Waals surface area contributed by atoms with Crippen LogP contribution in [0, 0.1) is 13.8 Å². The van der Waals surface area contributed by atoms with Gasteiger partial charge in [0, 0.05) is 7.05 Å². The standard InChI is InChI=1S/C9H16N4O/c1-6-9(7(2)13(4)12-6)11-8(14)5-10-3/h10H,5H2,1-4H3,(H,11,14). The lowest BCUT2D eigenvalue weighted by molar-refractivity contribution is -0.115. The molecule has 0 aromatic carbocycles. The summed E-state index contributed by atoms with van der Waals surface area (Å²) in [6.07, 6.45) is 0. The van der Waals surface area contributed by atoms with Crippen LogP contribution in [0.25, 0.3) is 0 Å². The third kappa shape index (κ3) is 2.11. The Hall–Kier alpha value is -1.36. The van der Waals surface area contributed by atoms with E-state index in [0.29, 0.717) is 6.54 Å². The summed E-state index contributed by atoms with van der Waals surface area (Å²) in [7, 11) is 3.60. The Morgan fingerprint density at radius 3 is 2.57 bits per heavy atom. The van der Waals surface area contributed by atoms with Gasteiger partial charge in [-0.05, 0) is 20.9 Å². The molecule has 0 aliphatic heterocycles. The minimum Gasteiger partial charge on any atom is -0.322 e. The zero-order valence-corrected chi connectivity index (χ0v) is 9.01. The third-order valence-corrected chi connectivity index (χ3v) is 2.11. The van der Waals surface area contributed by atoms with Crippen molar-refractivity contribution >= 4 is 11.6 Å². The Morgan fingerprint density at radius 2 is 2.14 bits per heavy atom. The van der Waals surface area contributed by atoms with Crippen molar-refractivity contribution in [3.8, 4) is 0 Å². The Kier molecular flexibility index (Phi) is 3.24. The molecule has 1 heterocycles. The molecule has 0 unspecified atom stereocenters. The van der Waals surface area contributed by atoms with Gasteiger partial charge in [-0.3, -0.25) is 9.48 Å². The lowest BCUT2D eigenvalue weighted by Gasteiger charge is -2.04. The van der Waals surface area contributed by atoms with Crippen LogP contribution >= 0.6 is 0 Å². The first-order valence-corrected chi connectivity index (χ1v) is 4.51. The summed E-state index contributed by atoms with van der Waals surface area (Å²) in [5.41, 5.74) is 2.62. The SMILES string of the molecule is CNCC(=O)Nc1c(C)nn(C)c1C. The van der Waals surface area contributed by atoms with Crippen molar-refractivity contribution in [2.75, 3.05) is 18.9 Å². The van der Waals surface area contributed by atoms with E-state index in [1.807, 2.05) is 20.9 Å². The van der Waals surface area contributed by atoms with Crippen molar-refractivity contribution < 1.29 is 4.79 Å². The number of rotatable bonds is 3. The number of likely N-dealkylation sites (N-methyl/N-ethyl adjacent to an activating group) is 1. The monoisotopic (exact) mass is 196 g/mol. The number of amides is 1. The van der Waals surface area contributed by atoms with Crippen LogP contribution < -0.4 is 10.6 Å². The van der Waals surface area contributed by atoms with Crippen LogP contribution in [0.1, 0.15) is 11.4 Å². The first-order chi connectivity index (χ1) is 6.56. The van der Waals surface area contributed by atoms with Gasteiger partial charge < -0.3 is 10.6 Å². The number of aromatic nitrogens is 2. The zero-order chi connectivity index (χ0) is 10.7. The maximum atomic E-state index is 11.3. The van der Waals surface area contributed by atoms with Crippen LogP contribution in [0.2, 0.25) is 0 Å². The molecule has 0 bridgehead atoms. The smallest absolute Gasteiger partial charge is 0.238 e. The van der Waals surface area contributed by atoms with Crippen molar-refractivity contribution in [2.24, 2.45) is 7.05 Å². The fourth-order valence-corrected chi connectivity index (χ4v) is 1.30. The van der Waals surface area contributed by atoms with Gasteiger partial charge in [0.05, 0.1) is 23.6 Å². The van der Waals surface area contributed by atoms with Crippen LogP contribution in [0.15, 0.2) is 0 Å². The van der Waals surface area contributed by atoms with E-state index in [2.05, 4.69) is 15.7 Å². The molecule has 0 radical (unpaired) electrons. The van der Waals surface area contributed by atoms with E-state index >= 15 is 0 Å². The second kappa shape index (κ2) is 4.23. The Balaban J connectivity index is 2.81. The summed E-state index contributed by atoms with van der Waals surface area (Å²) < 4.78 is 1.75. The van der Waals surface area contributed by atoms with E-state index in [1.165, 1.54) is 0 Å². The molecule has 14 heavy (non-hydrogen) atoms. The van der Waals surface area contributed by atoms with Crippen LogP contribution in [-0.2, 0) is 11.8 Å². The topological polar surface area (TPSA) is 59.0 Å². The lowest BCUT2D eigenvalue weighted by atomic mass is 10.3. The number of nitrogens with zero attached hydrogens (tertiary/aromatic N) is 2. The molecule has 0 saturated carbocycles. The summed E-state index contributed by atoms with van der Waals surface area (Å²) in [6, 6.07) is 0. The molecule has 1 rings (SSSR count). The molecule has 5 nitrogen and oxygen atoms in total. The number of hydrogen-bond donors (Lipinski definition) is 2. The van der Waals surface area contributed by atoms with Crippen LogP contribution in [0.5, 0.6) is 0 Å². The van der Waals surface area contributed by atoms with Crippen molar-refractivity contribution in [2.45, 2.75) is 13.8 Å². The normalized spacial score (nSPS) is 10.3. The molecule has 0 atom stereocenters. The van der Waals surface area contributed by atoms with Crippen molar-refractivity contribution in [3.63, 3.8) is 0 Å². The van der Waals surface area contributed by atoms with Gasteiger partial charge >= 0.3 is 0 Å². The summed E-state index contributed by atoms with van der Waals surface area (Å²) in [5, 5.41) is 9.81. The highest BCUT2D eigenvalue weighted by Crippen LogP contribution is 2.17. The summed E-state index contributed by atoms with van der Waals surface area (Å²) in [4.78, 5) is 11.3. The molecule has 1 aromatic heterocycles. The minimum absolute atomic E-state index is 0.0494. The quantitative estimate of drug-likeness (QED) is 0.725. The second-order valence-electron chi connectivity index (χ2n) is 3.25. The number of anilines is 1. The number of carbonyl (C=O) groups excluding carboxylic acids is 1. The first kappa shape index (κ1) is 10.7. The highest BCUT2D eigenvalue weighted by atomic mass is 16.1. The maximum absolute atomic E-state index is 11.3. The van der Waals surface area contributed by atoms with Crippen LogP contribution in [-0.4, -0.2) is 29.3 Å². The van der Waals surface area contributed by atoms with Crippen LogP contribution in [0.4, 0.5) is 5.69 Å². The Labute approximate surface area is 83.5 Å². The molecular weight excluding hydrogens is 180 g/mol. The predicted octanol–water partition coefficient (Wildman–Crippen LogP) is 0.195. The molecule has 0 aliphatic carbocycles. The predicted molar refractivity (Wildman–Crippen MR) is 55.2 cm³/mol. The fourth-order valence-electron chi connectivity index (χ4n) is 1.30. The highest BCUT2D eigenvalue weighted by Gasteiger charge is 2.11. The van der Waals surface area contributed by atoms with Crippen molar-refractivity contribution in [3.05, 3.63) is 11.4 Å². The van der Waals surface area contributed by atoms with Gasteiger partial charge in [-0.2, -0.15) is 5.10 Å². The highest BCUT2D eigenvalue weighted by molar-refractivity contribution is 5.93. The molecule has 1 amide bonds. The average molecular weight is 196 g/mol. The first-order valence-electron chi connectivity index (χ1n) is 4.51. The lowest BCUT2D eigenvalue weighted by Crippen LogP contribution is -2.25. The van der Waals surface area contributed by atoms with E-state index in [9.17, 15) is 4.79 Å². The third-order valence-electron chi connectivity index (χ3n) is 2.11. The molecule has 1 aromatic rings. The van der Waals surface area contributed by atoms with Gasteiger partial charge in [0.15, 0.2) is 0 Å². The van der Waals surface area contributed by atoms with E-state index in [-0.39, 0.29) is 5.91 Å². The largest absolute Gasteiger partial charge is 0.322 e. The Bertz CT molecular complexity index is 343. The van der Waals surface area contributed by atoms with E-state index in [4.69, 9.17) is 0 Å². The number of hydrogen-bond acceptors (Lipinski definition) is 3. The fraction of sp³-hybridized carbons (Fsp3) is 0.556. The minimum atomic E-state index is -0.0494. The van der Waals surface area contributed by atoms with Gasteiger partial charge in [0.1, 0.15) is 0 Å². The number of carbonyl (C=O) groups is 1. The molecule has 0 fully saturated rings. The zero-order valence-electron chi connectivity index (χ0n) is 9.01. The maximum Gasteiger partial charge on any atom is 0.238 e. The van der Waals surface area contributed by atoms with E-state index in [0.717, 1.165) is 17.1 Å². The molecule has 78 valence electrons. The van der Waals surface area contributed by atoms with Crippen molar-refractivity contribution in [1.82, 2.24) is 15.1 Å². The molecule has 0 spiro atoms. The summed E-state index contributed by atoms with van der Waals surface area (Å²) in [5.74, 6) is -0.0494. The van der Waals surface area contributed by atoms with Gasteiger partial charge in [0.2, 0.25) is 5.91 Å². The molecule has 5 heteroatoms. The van der Waals surface area contributed by atoms with E-state index < -0.39 is 0 Å². The van der Waals surface area contributed by atoms with Gasteiger partial charge in [-0.15, -0.1) is 0 Å². The van der Waals surface area contributed by atoms with Gasteiger partial charge in [-0.1, -0.05) is 0 Å². The average Bonchev–Trinajstić information content (AvgIpc) is 2.33. The van der Waals surface area contributed by atoms with Crippen molar-refractivity contribution in [1.29, 1.82) is 0 Å². The number of nitrogens with one attached hydrogen (secondary N) is 2. The van der Waals surface area contributed by atoms with Gasteiger partial charge in [0.25, 0.3) is 0 Å².